The second-order valence-corrected chi connectivity index (χ2v) is 7.86. The number of aryl methyl sites for hydroxylation is 1. The molecule has 5 heteroatoms. The first-order valence-corrected chi connectivity index (χ1v) is 9.87. The molecule has 24 heavy (non-hydrogen) atoms. The first-order valence-electron chi connectivity index (χ1n) is 8.43. The molecule has 0 aliphatic heterocycles. The Labute approximate surface area is 145 Å². The average Bonchev–Trinajstić information content (AvgIpc) is 2.56. The Morgan fingerprint density at radius 3 is 2.12 bits per heavy atom. The van der Waals surface area contributed by atoms with Gasteiger partial charge in [-0.25, -0.2) is 8.42 Å². The first-order chi connectivity index (χ1) is 11.5. The SMILES string of the molecule is CCN(CC)S(=O)(=O)c1ccc(C[NH2+]Cc2cccc(C)c2)cc1. The van der Waals surface area contributed by atoms with Crippen molar-refractivity contribution in [2.75, 3.05) is 13.1 Å². The van der Waals surface area contributed by atoms with Crippen LogP contribution in [0.4, 0.5) is 0 Å². The molecule has 0 heterocycles. The predicted octanol–water partition coefficient (Wildman–Crippen LogP) is 2.29. The zero-order valence-electron chi connectivity index (χ0n) is 14.7. The van der Waals surface area contributed by atoms with Gasteiger partial charge in [0.05, 0.1) is 4.90 Å². The highest BCUT2D eigenvalue weighted by molar-refractivity contribution is 7.89. The van der Waals surface area contributed by atoms with Crippen LogP contribution in [0.2, 0.25) is 0 Å². The minimum Gasteiger partial charge on any atom is -0.339 e. The zero-order valence-corrected chi connectivity index (χ0v) is 15.5. The minimum absolute atomic E-state index is 0.369. The van der Waals surface area contributed by atoms with Gasteiger partial charge in [0, 0.05) is 24.2 Å². The molecule has 0 aliphatic rings. The lowest BCUT2D eigenvalue weighted by atomic mass is 10.1. The number of rotatable bonds is 8. The molecule has 0 saturated heterocycles. The van der Waals surface area contributed by atoms with Crippen molar-refractivity contribution in [3.8, 4) is 0 Å². The topological polar surface area (TPSA) is 54.0 Å². The van der Waals surface area contributed by atoms with Crippen molar-refractivity contribution in [3.63, 3.8) is 0 Å². The first kappa shape index (κ1) is 18.6. The Hall–Kier alpha value is -1.69. The van der Waals surface area contributed by atoms with E-state index in [1.165, 1.54) is 15.4 Å². The molecule has 2 N–H and O–H groups in total. The fraction of sp³-hybridized carbons (Fsp3) is 0.368. The standard InChI is InChI=1S/C19H26N2O2S/c1-4-21(5-2)24(22,23)19-11-9-17(10-12-19)14-20-15-18-8-6-7-16(3)13-18/h6-13,20H,4-5,14-15H2,1-3H3/p+1. The lowest BCUT2D eigenvalue weighted by Gasteiger charge is -2.18. The Balaban J connectivity index is 1.97. The summed E-state index contributed by atoms with van der Waals surface area (Å²) in [7, 11) is -3.36. The monoisotopic (exact) mass is 347 g/mol. The Morgan fingerprint density at radius 2 is 1.54 bits per heavy atom. The summed E-state index contributed by atoms with van der Waals surface area (Å²) in [6, 6.07) is 15.7. The smallest absolute Gasteiger partial charge is 0.243 e. The summed E-state index contributed by atoms with van der Waals surface area (Å²) >= 11 is 0. The van der Waals surface area contributed by atoms with Crippen LogP contribution in [-0.4, -0.2) is 25.8 Å². The van der Waals surface area contributed by atoms with Gasteiger partial charge < -0.3 is 5.32 Å². The molecule has 2 aromatic carbocycles. The van der Waals surface area contributed by atoms with Gasteiger partial charge in [-0.3, -0.25) is 0 Å². The van der Waals surface area contributed by atoms with Crippen LogP contribution in [0.25, 0.3) is 0 Å². The Bertz CT molecular complexity index is 751. The molecule has 0 fully saturated rings. The molecule has 0 bridgehead atoms. The third kappa shape index (κ3) is 4.66. The lowest BCUT2D eigenvalue weighted by molar-refractivity contribution is -0.686. The molecule has 0 saturated carbocycles. The normalized spacial score (nSPS) is 11.8. The number of nitrogens with zero attached hydrogens (tertiary/aromatic N) is 1. The van der Waals surface area contributed by atoms with Crippen LogP contribution in [-0.2, 0) is 23.1 Å². The maximum Gasteiger partial charge on any atom is 0.243 e. The van der Waals surface area contributed by atoms with Gasteiger partial charge in [-0.2, -0.15) is 4.31 Å². The summed E-state index contributed by atoms with van der Waals surface area (Å²) < 4.78 is 26.4. The lowest BCUT2D eigenvalue weighted by Crippen LogP contribution is -2.80. The van der Waals surface area contributed by atoms with E-state index in [1.54, 1.807) is 12.1 Å². The summed E-state index contributed by atoms with van der Waals surface area (Å²) in [6.45, 7) is 8.54. The van der Waals surface area contributed by atoms with Crippen molar-refractivity contribution in [3.05, 3.63) is 65.2 Å². The van der Waals surface area contributed by atoms with Gasteiger partial charge in [-0.1, -0.05) is 55.8 Å². The third-order valence-electron chi connectivity index (χ3n) is 4.11. The number of hydrogen-bond donors (Lipinski definition) is 1. The quantitative estimate of drug-likeness (QED) is 0.796. The van der Waals surface area contributed by atoms with Crippen LogP contribution in [0.5, 0.6) is 0 Å². The van der Waals surface area contributed by atoms with E-state index in [9.17, 15) is 8.42 Å². The van der Waals surface area contributed by atoms with E-state index in [2.05, 4.69) is 36.5 Å². The summed E-state index contributed by atoms with van der Waals surface area (Å²) in [5, 5.41) is 2.22. The maximum atomic E-state index is 12.5. The van der Waals surface area contributed by atoms with E-state index < -0.39 is 10.0 Å². The van der Waals surface area contributed by atoms with E-state index in [0.29, 0.717) is 18.0 Å². The minimum atomic E-state index is -3.36. The number of benzene rings is 2. The molecule has 0 atom stereocenters. The zero-order chi connectivity index (χ0) is 17.6. The average molecular weight is 348 g/mol. The number of sulfonamides is 1. The van der Waals surface area contributed by atoms with E-state index in [-0.39, 0.29) is 0 Å². The molecule has 130 valence electrons. The second-order valence-electron chi connectivity index (χ2n) is 5.92. The van der Waals surface area contributed by atoms with Crippen LogP contribution >= 0.6 is 0 Å². The van der Waals surface area contributed by atoms with Crippen LogP contribution in [0, 0.1) is 6.92 Å². The molecule has 2 aromatic rings. The van der Waals surface area contributed by atoms with Crippen LogP contribution in [0.3, 0.4) is 0 Å². The highest BCUT2D eigenvalue weighted by Gasteiger charge is 2.21. The largest absolute Gasteiger partial charge is 0.339 e. The van der Waals surface area contributed by atoms with Crippen LogP contribution in [0.15, 0.2) is 53.4 Å². The van der Waals surface area contributed by atoms with Crippen LogP contribution < -0.4 is 5.32 Å². The van der Waals surface area contributed by atoms with Crippen LogP contribution in [0.1, 0.15) is 30.5 Å². The van der Waals surface area contributed by atoms with Crippen molar-refractivity contribution in [2.24, 2.45) is 0 Å². The van der Waals surface area contributed by atoms with Gasteiger partial charge in [0.25, 0.3) is 0 Å². The van der Waals surface area contributed by atoms with E-state index in [1.807, 2.05) is 26.0 Å². The molecule has 0 unspecified atom stereocenters. The number of hydrogen-bond acceptors (Lipinski definition) is 2. The van der Waals surface area contributed by atoms with E-state index in [4.69, 9.17) is 0 Å². The van der Waals surface area contributed by atoms with Gasteiger partial charge in [0.15, 0.2) is 0 Å². The number of quaternary nitrogens is 1. The van der Waals surface area contributed by atoms with Gasteiger partial charge >= 0.3 is 0 Å². The van der Waals surface area contributed by atoms with Gasteiger partial charge in [0.1, 0.15) is 13.1 Å². The van der Waals surface area contributed by atoms with Crippen molar-refractivity contribution < 1.29 is 13.7 Å². The highest BCUT2D eigenvalue weighted by Crippen LogP contribution is 2.15. The van der Waals surface area contributed by atoms with Gasteiger partial charge in [0.2, 0.25) is 10.0 Å². The van der Waals surface area contributed by atoms with Crippen molar-refractivity contribution in [1.82, 2.24) is 4.31 Å². The second kappa shape index (κ2) is 8.42. The molecule has 0 spiro atoms. The third-order valence-corrected chi connectivity index (χ3v) is 6.17. The van der Waals surface area contributed by atoms with Gasteiger partial charge in [-0.05, 0) is 19.1 Å². The number of nitrogens with two attached hydrogens (primary N) is 1. The van der Waals surface area contributed by atoms with E-state index >= 15 is 0 Å². The molecule has 4 nitrogen and oxygen atoms in total. The summed E-state index contributed by atoms with van der Waals surface area (Å²) in [6.07, 6.45) is 0. The van der Waals surface area contributed by atoms with Gasteiger partial charge in [-0.15, -0.1) is 0 Å². The maximum absolute atomic E-state index is 12.5. The highest BCUT2D eigenvalue weighted by atomic mass is 32.2. The predicted molar refractivity (Wildman–Crippen MR) is 97.1 cm³/mol. The molecule has 0 amide bonds. The molecule has 0 radical (unpaired) electrons. The summed E-state index contributed by atoms with van der Waals surface area (Å²) in [5.41, 5.74) is 3.70. The fourth-order valence-corrected chi connectivity index (χ4v) is 4.21. The molecular weight excluding hydrogens is 320 g/mol. The Kier molecular flexibility index (Phi) is 6.54. The van der Waals surface area contributed by atoms with E-state index in [0.717, 1.165) is 18.7 Å². The molecule has 0 aliphatic carbocycles. The van der Waals surface area contributed by atoms with Crippen molar-refractivity contribution >= 4 is 10.0 Å². The molecule has 0 aromatic heterocycles. The van der Waals surface area contributed by atoms with Crippen molar-refractivity contribution in [2.45, 2.75) is 38.8 Å². The fourth-order valence-electron chi connectivity index (χ4n) is 2.75. The summed E-state index contributed by atoms with van der Waals surface area (Å²) in [4.78, 5) is 0.369. The van der Waals surface area contributed by atoms with Crippen molar-refractivity contribution in [1.29, 1.82) is 0 Å². The molecule has 2 rings (SSSR count). The molecular formula is C19H27N2O2S+. The Morgan fingerprint density at radius 1 is 0.917 bits per heavy atom. The summed E-state index contributed by atoms with van der Waals surface area (Å²) in [5.74, 6) is 0.